The highest BCUT2D eigenvalue weighted by atomic mass is 16.3. The Bertz CT molecular complexity index is 200. The molecule has 0 heterocycles. The SMILES string of the molecule is CN(C[C@@H](O)CNC1CC1)C1CCCCC1. The number of aliphatic hydroxyl groups excluding tert-OH is 1. The van der Waals surface area contributed by atoms with Gasteiger partial charge in [0.05, 0.1) is 6.10 Å². The van der Waals surface area contributed by atoms with Gasteiger partial charge in [0.15, 0.2) is 0 Å². The second-order valence-electron chi connectivity index (χ2n) is 5.57. The summed E-state index contributed by atoms with van der Waals surface area (Å²) in [5.74, 6) is 0. The molecular formula is C13H26N2O. The average molecular weight is 226 g/mol. The minimum Gasteiger partial charge on any atom is -0.390 e. The number of nitrogens with one attached hydrogen (secondary N) is 1. The van der Waals surface area contributed by atoms with E-state index in [0.717, 1.165) is 13.1 Å². The van der Waals surface area contributed by atoms with Crippen LogP contribution >= 0.6 is 0 Å². The van der Waals surface area contributed by atoms with Crippen LogP contribution in [0.4, 0.5) is 0 Å². The van der Waals surface area contributed by atoms with Crippen molar-refractivity contribution in [1.29, 1.82) is 0 Å². The summed E-state index contributed by atoms with van der Waals surface area (Å²) in [4.78, 5) is 2.36. The molecule has 2 fully saturated rings. The first kappa shape index (κ1) is 12.3. The van der Waals surface area contributed by atoms with E-state index in [-0.39, 0.29) is 6.10 Å². The largest absolute Gasteiger partial charge is 0.390 e. The molecule has 2 aliphatic rings. The molecule has 2 aliphatic carbocycles. The van der Waals surface area contributed by atoms with Gasteiger partial charge in [0, 0.05) is 25.2 Å². The number of hydrogen-bond donors (Lipinski definition) is 2. The van der Waals surface area contributed by atoms with E-state index in [1.807, 2.05) is 0 Å². The van der Waals surface area contributed by atoms with Crippen LogP contribution < -0.4 is 5.32 Å². The third-order valence-corrected chi connectivity index (χ3v) is 3.92. The van der Waals surface area contributed by atoms with Crippen LogP contribution in [0.5, 0.6) is 0 Å². The van der Waals surface area contributed by atoms with Gasteiger partial charge in [-0.05, 0) is 32.7 Å². The number of hydrogen-bond acceptors (Lipinski definition) is 3. The standard InChI is InChI=1S/C13H26N2O/c1-15(12-5-3-2-4-6-12)10-13(16)9-14-11-7-8-11/h11-14,16H,2-10H2,1H3/t13-/m0/s1. The van der Waals surface area contributed by atoms with Crippen LogP contribution in [0, 0.1) is 0 Å². The molecule has 94 valence electrons. The second kappa shape index (κ2) is 5.99. The topological polar surface area (TPSA) is 35.5 Å². The Hall–Kier alpha value is -0.120. The first-order valence-corrected chi connectivity index (χ1v) is 6.87. The van der Waals surface area contributed by atoms with Crippen LogP contribution in [0.3, 0.4) is 0 Å². The van der Waals surface area contributed by atoms with Crippen LogP contribution in [0.2, 0.25) is 0 Å². The quantitative estimate of drug-likeness (QED) is 0.718. The van der Waals surface area contributed by atoms with E-state index in [9.17, 15) is 5.11 Å². The highest BCUT2D eigenvalue weighted by Crippen LogP contribution is 2.22. The van der Waals surface area contributed by atoms with Crippen molar-refractivity contribution in [3.63, 3.8) is 0 Å². The van der Waals surface area contributed by atoms with E-state index < -0.39 is 0 Å². The fraction of sp³-hybridized carbons (Fsp3) is 1.00. The van der Waals surface area contributed by atoms with Crippen LogP contribution in [-0.4, -0.2) is 48.3 Å². The third-order valence-electron chi connectivity index (χ3n) is 3.92. The number of likely N-dealkylation sites (N-methyl/N-ethyl adjacent to an activating group) is 1. The molecule has 2 rings (SSSR count). The van der Waals surface area contributed by atoms with Gasteiger partial charge in [-0.2, -0.15) is 0 Å². The summed E-state index contributed by atoms with van der Waals surface area (Å²) in [6.07, 6.45) is 9.16. The summed E-state index contributed by atoms with van der Waals surface area (Å²) in [5.41, 5.74) is 0. The number of nitrogens with zero attached hydrogens (tertiary/aromatic N) is 1. The van der Waals surface area contributed by atoms with Crippen molar-refractivity contribution in [3.05, 3.63) is 0 Å². The van der Waals surface area contributed by atoms with Gasteiger partial charge in [0.1, 0.15) is 0 Å². The maximum Gasteiger partial charge on any atom is 0.0791 e. The van der Waals surface area contributed by atoms with Crippen molar-refractivity contribution >= 4 is 0 Å². The smallest absolute Gasteiger partial charge is 0.0791 e. The summed E-state index contributed by atoms with van der Waals surface area (Å²) in [6, 6.07) is 1.42. The first-order valence-electron chi connectivity index (χ1n) is 6.87. The molecule has 0 bridgehead atoms. The van der Waals surface area contributed by atoms with Gasteiger partial charge in [-0.3, -0.25) is 0 Å². The van der Waals surface area contributed by atoms with Crippen molar-refractivity contribution in [1.82, 2.24) is 10.2 Å². The maximum absolute atomic E-state index is 9.92. The van der Waals surface area contributed by atoms with E-state index in [0.29, 0.717) is 12.1 Å². The summed E-state index contributed by atoms with van der Waals surface area (Å²) in [5, 5.41) is 13.3. The normalized spacial score (nSPS) is 24.9. The molecule has 0 unspecified atom stereocenters. The van der Waals surface area contributed by atoms with Gasteiger partial charge in [0.25, 0.3) is 0 Å². The summed E-state index contributed by atoms with van der Waals surface area (Å²) in [7, 11) is 2.16. The minimum atomic E-state index is -0.201. The molecule has 0 aromatic carbocycles. The lowest BCUT2D eigenvalue weighted by molar-refractivity contribution is 0.0904. The molecule has 0 saturated heterocycles. The number of aliphatic hydroxyl groups is 1. The van der Waals surface area contributed by atoms with Crippen molar-refractivity contribution in [2.45, 2.75) is 63.1 Å². The molecule has 2 N–H and O–H groups in total. The van der Waals surface area contributed by atoms with Gasteiger partial charge in [0.2, 0.25) is 0 Å². The fourth-order valence-corrected chi connectivity index (χ4v) is 2.66. The van der Waals surface area contributed by atoms with E-state index in [1.165, 1.54) is 44.9 Å². The highest BCUT2D eigenvalue weighted by molar-refractivity contribution is 4.83. The zero-order valence-corrected chi connectivity index (χ0v) is 10.5. The number of rotatable bonds is 6. The Labute approximate surface area is 99.2 Å². The highest BCUT2D eigenvalue weighted by Gasteiger charge is 2.23. The lowest BCUT2D eigenvalue weighted by Gasteiger charge is -2.32. The lowest BCUT2D eigenvalue weighted by atomic mass is 9.94. The Kier molecular flexibility index (Phi) is 4.62. The van der Waals surface area contributed by atoms with Crippen LogP contribution in [0.25, 0.3) is 0 Å². The monoisotopic (exact) mass is 226 g/mol. The molecule has 0 aromatic heterocycles. The lowest BCUT2D eigenvalue weighted by Crippen LogP contribution is -2.42. The molecule has 0 aromatic rings. The van der Waals surface area contributed by atoms with Crippen LogP contribution in [0.15, 0.2) is 0 Å². The molecular weight excluding hydrogens is 200 g/mol. The Morgan fingerprint density at radius 3 is 2.50 bits per heavy atom. The molecule has 3 heteroatoms. The van der Waals surface area contributed by atoms with Crippen molar-refractivity contribution in [2.75, 3.05) is 20.1 Å². The van der Waals surface area contributed by atoms with Crippen molar-refractivity contribution in [3.8, 4) is 0 Å². The predicted molar refractivity (Wildman–Crippen MR) is 66.5 cm³/mol. The van der Waals surface area contributed by atoms with Gasteiger partial charge >= 0.3 is 0 Å². The summed E-state index contributed by atoms with van der Waals surface area (Å²) < 4.78 is 0. The Balaban J connectivity index is 1.61. The summed E-state index contributed by atoms with van der Waals surface area (Å²) in [6.45, 7) is 1.59. The first-order chi connectivity index (χ1) is 7.75. The molecule has 2 saturated carbocycles. The Morgan fingerprint density at radius 1 is 1.19 bits per heavy atom. The van der Waals surface area contributed by atoms with Gasteiger partial charge in [-0.15, -0.1) is 0 Å². The van der Waals surface area contributed by atoms with Gasteiger partial charge in [-0.25, -0.2) is 0 Å². The van der Waals surface area contributed by atoms with E-state index >= 15 is 0 Å². The molecule has 0 aliphatic heterocycles. The summed E-state index contributed by atoms with van der Waals surface area (Å²) >= 11 is 0. The Morgan fingerprint density at radius 2 is 1.88 bits per heavy atom. The molecule has 3 nitrogen and oxygen atoms in total. The molecule has 16 heavy (non-hydrogen) atoms. The predicted octanol–water partition coefficient (Wildman–Crippen LogP) is 1.36. The van der Waals surface area contributed by atoms with Crippen LogP contribution in [-0.2, 0) is 0 Å². The van der Waals surface area contributed by atoms with E-state index in [1.54, 1.807) is 0 Å². The molecule has 0 spiro atoms. The minimum absolute atomic E-state index is 0.201. The van der Waals surface area contributed by atoms with Crippen molar-refractivity contribution < 1.29 is 5.11 Å². The van der Waals surface area contributed by atoms with E-state index in [4.69, 9.17) is 0 Å². The molecule has 1 atom stereocenters. The fourth-order valence-electron chi connectivity index (χ4n) is 2.66. The third kappa shape index (κ3) is 4.04. The van der Waals surface area contributed by atoms with Crippen LogP contribution in [0.1, 0.15) is 44.9 Å². The molecule has 0 radical (unpaired) electrons. The van der Waals surface area contributed by atoms with E-state index in [2.05, 4.69) is 17.3 Å². The molecule has 0 amide bonds. The van der Waals surface area contributed by atoms with Crippen molar-refractivity contribution in [2.24, 2.45) is 0 Å². The van der Waals surface area contributed by atoms with Gasteiger partial charge in [-0.1, -0.05) is 19.3 Å². The zero-order chi connectivity index (χ0) is 11.4. The maximum atomic E-state index is 9.92. The van der Waals surface area contributed by atoms with Gasteiger partial charge < -0.3 is 15.3 Å². The second-order valence-corrected chi connectivity index (χ2v) is 5.57. The average Bonchev–Trinajstić information content (AvgIpc) is 3.11. The zero-order valence-electron chi connectivity index (χ0n) is 10.5.